The van der Waals surface area contributed by atoms with Gasteiger partial charge in [-0.25, -0.2) is 0 Å². The van der Waals surface area contributed by atoms with Crippen LogP contribution in [0.3, 0.4) is 0 Å². The van der Waals surface area contributed by atoms with Gasteiger partial charge in [-0.1, -0.05) is 6.92 Å². The van der Waals surface area contributed by atoms with Crippen LogP contribution in [0.1, 0.15) is 26.2 Å². The summed E-state index contributed by atoms with van der Waals surface area (Å²) in [6.45, 7) is 5.44. The number of piperidine rings is 3. The zero-order valence-electron chi connectivity index (χ0n) is 10.9. The lowest BCUT2D eigenvalue weighted by Crippen LogP contribution is -2.67. The Bertz CT molecular complexity index is 363. The monoisotopic (exact) mass is 251 g/mol. The summed E-state index contributed by atoms with van der Waals surface area (Å²) in [7, 11) is 0. The van der Waals surface area contributed by atoms with Crippen LogP contribution in [0.25, 0.3) is 0 Å². The first-order valence-electron chi connectivity index (χ1n) is 7.02. The molecule has 4 aliphatic rings. The molecule has 4 heterocycles. The van der Waals surface area contributed by atoms with Crippen molar-refractivity contribution in [2.24, 2.45) is 5.92 Å². The molecule has 5 nitrogen and oxygen atoms in total. The van der Waals surface area contributed by atoms with Crippen LogP contribution < -0.4 is 5.32 Å². The second kappa shape index (κ2) is 4.53. The first-order valence-corrected chi connectivity index (χ1v) is 7.02. The van der Waals surface area contributed by atoms with Gasteiger partial charge in [0.25, 0.3) is 0 Å². The first-order chi connectivity index (χ1) is 8.70. The molecule has 4 saturated heterocycles. The zero-order chi connectivity index (χ0) is 12.7. The summed E-state index contributed by atoms with van der Waals surface area (Å²) in [5, 5.41) is 2.70. The van der Waals surface area contributed by atoms with Crippen LogP contribution in [-0.2, 0) is 9.59 Å². The van der Waals surface area contributed by atoms with Gasteiger partial charge in [0.05, 0.1) is 6.54 Å². The average Bonchev–Trinajstić information content (AvgIpc) is 2.42. The maximum absolute atomic E-state index is 12.2. The van der Waals surface area contributed by atoms with Crippen molar-refractivity contribution < 1.29 is 9.59 Å². The lowest BCUT2D eigenvalue weighted by Gasteiger charge is -2.51. The molecule has 0 aromatic rings. The molecule has 4 rings (SSSR count). The summed E-state index contributed by atoms with van der Waals surface area (Å²) in [4.78, 5) is 28.4. The molecule has 4 fully saturated rings. The Hall–Kier alpha value is -1.10. The molecule has 0 aromatic carbocycles. The second-order valence-corrected chi connectivity index (χ2v) is 5.65. The molecule has 4 aliphatic heterocycles. The molecule has 1 N–H and O–H groups in total. The van der Waals surface area contributed by atoms with Crippen LogP contribution >= 0.6 is 0 Å². The van der Waals surface area contributed by atoms with Gasteiger partial charge in [0.15, 0.2) is 0 Å². The Balaban J connectivity index is 1.83. The molecule has 2 unspecified atom stereocenters. The molecule has 0 spiro atoms. The lowest BCUT2D eigenvalue weighted by molar-refractivity contribution is -0.153. The highest BCUT2D eigenvalue weighted by Crippen LogP contribution is 2.33. The lowest BCUT2D eigenvalue weighted by atomic mass is 9.82. The quantitative estimate of drug-likeness (QED) is 0.740. The number of piperazine rings is 1. The zero-order valence-corrected chi connectivity index (χ0v) is 10.9. The number of amides is 2. The van der Waals surface area contributed by atoms with Gasteiger partial charge in [-0.2, -0.15) is 0 Å². The fraction of sp³-hybridized carbons (Fsp3) is 0.846. The van der Waals surface area contributed by atoms with Crippen molar-refractivity contribution in [1.29, 1.82) is 0 Å². The maximum Gasteiger partial charge on any atom is 0.243 e. The second-order valence-electron chi connectivity index (χ2n) is 5.65. The van der Waals surface area contributed by atoms with Crippen LogP contribution in [0.2, 0.25) is 0 Å². The van der Waals surface area contributed by atoms with Gasteiger partial charge in [-0.3, -0.25) is 9.59 Å². The van der Waals surface area contributed by atoms with Gasteiger partial charge in [0.2, 0.25) is 11.8 Å². The molecule has 0 saturated carbocycles. The van der Waals surface area contributed by atoms with E-state index < -0.39 is 0 Å². The number of carbonyl (C=O) groups excluding carboxylic acids is 2. The third-order valence-electron chi connectivity index (χ3n) is 4.71. The summed E-state index contributed by atoms with van der Waals surface area (Å²) >= 11 is 0. The highest BCUT2D eigenvalue weighted by atomic mass is 16.2. The smallest absolute Gasteiger partial charge is 0.243 e. The number of hydrogen-bond donors (Lipinski definition) is 1. The Kier molecular flexibility index (Phi) is 3.01. The van der Waals surface area contributed by atoms with E-state index in [0.717, 1.165) is 19.6 Å². The van der Waals surface area contributed by atoms with Gasteiger partial charge in [-0.15, -0.1) is 0 Å². The molecule has 5 heteroatoms. The van der Waals surface area contributed by atoms with Crippen LogP contribution in [0.4, 0.5) is 0 Å². The standard InChI is InChI=1S/C13H21N3O2/c1-2-10-13(18)14-7-12(17)16(10)11-8-15-5-3-9(11)4-6-15/h9-11H,2-8H2,1H3,(H,14,18). The predicted octanol–water partition coefficient (Wildman–Crippen LogP) is -0.182. The number of rotatable bonds is 2. The van der Waals surface area contributed by atoms with E-state index in [4.69, 9.17) is 0 Å². The SMILES string of the molecule is CCC1C(=O)NCC(=O)N1C1CN2CCC1CC2. The largest absolute Gasteiger partial charge is 0.345 e. The molecule has 100 valence electrons. The van der Waals surface area contributed by atoms with Crippen molar-refractivity contribution in [3.05, 3.63) is 0 Å². The van der Waals surface area contributed by atoms with E-state index in [-0.39, 0.29) is 30.4 Å². The average molecular weight is 251 g/mol. The minimum Gasteiger partial charge on any atom is -0.345 e. The summed E-state index contributed by atoms with van der Waals surface area (Å²) < 4.78 is 0. The fourth-order valence-electron chi connectivity index (χ4n) is 3.72. The molecular formula is C13H21N3O2. The maximum atomic E-state index is 12.2. The number of nitrogens with one attached hydrogen (secondary N) is 1. The van der Waals surface area contributed by atoms with Crippen LogP contribution in [0, 0.1) is 5.92 Å². The topological polar surface area (TPSA) is 52.7 Å². The summed E-state index contributed by atoms with van der Waals surface area (Å²) in [5.74, 6) is 0.715. The van der Waals surface area contributed by atoms with E-state index in [1.54, 1.807) is 0 Å². The van der Waals surface area contributed by atoms with Crippen molar-refractivity contribution in [1.82, 2.24) is 15.1 Å². The molecule has 0 radical (unpaired) electrons. The first kappa shape index (κ1) is 12.0. The van der Waals surface area contributed by atoms with Gasteiger partial charge < -0.3 is 15.1 Å². The Morgan fingerprint density at radius 3 is 2.56 bits per heavy atom. The number of carbonyl (C=O) groups is 2. The van der Waals surface area contributed by atoms with Gasteiger partial charge >= 0.3 is 0 Å². The summed E-state index contributed by atoms with van der Waals surface area (Å²) in [6.07, 6.45) is 3.06. The minimum atomic E-state index is -0.253. The molecule has 2 bridgehead atoms. The molecule has 2 atom stereocenters. The Labute approximate surface area is 107 Å². The number of fused-ring (bicyclic) bond motifs is 3. The van der Waals surface area contributed by atoms with Gasteiger partial charge in [-0.05, 0) is 38.3 Å². The van der Waals surface area contributed by atoms with Crippen LogP contribution in [-0.4, -0.2) is 59.9 Å². The minimum absolute atomic E-state index is 0.0218. The molecule has 0 aliphatic carbocycles. The van der Waals surface area contributed by atoms with E-state index in [9.17, 15) is 9.59 Å². The van der Waals surface area contributed by atoms with E-state index in [1.807, 2.05) is 11.8 Å². The predicted molar refractivity (Wildman–Crippen MR) is 66.9 cm³/mol. The van der Waals surface area contributed by atoms with Crippen molar-refractivity contribution >= 4 is 11.8 Å². The highest BCUT2D eigenvalue weighted by Gasteiger charge is 2.44. The van der Waals surface area contributed by atoms with E-state index >= 15 is 0 Å². The summed E-state index contributed by atoms with van der Waals surface area (Å²) in [6, 6.07) is 0.00722. The van der Waals surface area contributed by atoms with Gasteiger partial charge in [0, 0.05) is 12.6 Å². The fourth-order valence-corrected chi connectivity index (χ4v) is 3.72. The molecular weight excluding hydrogens is 230 g/mol. The number of hydrogen-bond acceptors (Lipinski definition) is 3. The van der Waals surface area contributed by atoms with Crippen molar-refractivity contribution in [2.75, 3.05) is 26.2 Å². The molecule has 18 heavy (non-hydrogen) atoms. The normalized spacial score (nSPS) is 39.9. The number of nitrogens with zero attached hydrogens (tertiary/aromatic N) is 2. The van der Waals surface area contributed by atoms with Crippen LogP contribution in [0.15, 0.2) is 0 Å². The van der Waals surface area contributed by atoms with E-state index in [2.05, 4.69) is 10.2 Å². The van der Waals surface area contributed by atoms with Crippen molar-refractivity contribution in [3.8, 4) is 0 Å². The van der Waals surface area contributed by atoms with E-state index in [0.29, 0.717) is 12.3 Å². The Morgan fingerprint density at radius 1 is 1.28 bits per heavy atom. The van der Waals surface area contributed by atoms with E-state index in [1.165, 1.54) is 12.8 Å². The summed E-state index contributed by atoms with van der Waals surface area (Å²) in [5.41, 5.74) is 0. The third kappa shape index (κ3) is 1.81. The van der Waals surface area contributed by atoms with Gasteiger partial charge in [0.1, 0.15) is 6.04 Å². The third-order valence-corrected chi connectivity index (χ3v) is 4.71. The van der Waals surface area contributed by atoms with Crippen molar-refractivity contribution in [2.45, 2.75) is 38.3 Å². The van der Waals surface area contributed by atoms with Crippen molar-refractivity contribution in [3.63, 3.8) is 0 Å². The highest BCUT2D eigenvalue weighted by molar-refractivity contribution is 5.95. The Morgan fingerprint density at radius 2 is 2.00 bits per heavy atom. The molecule has 2 amide bonds. The van der Waals surface area contributed by atoms with Crippen LogP contribution in [0.5, 0.6) is 0 Å². The molecule has 0 aromatic heterocycles.